The molecule has 2 rings (SSSR count). The van der Waals surface area contributed by atoms with Gasteiger partial charge in [-0.3, -0.25) is 0 Å². The number of carbonyl (C=O) groups is 1. The maximum absolute atomic E-state index is 12.2. The number of rotatable bonds is 4. The van der Waals surface area contributed by atoms with Crippen LogP contribution in [0.1, 0.15) is 36.8 Å². The maximum Gasteiger partial charge on any atom is 0.317 e. The summed E-state index contributed by atoms with van der Waals surface area (Å²) in [5.74, 6) is 0.706. The number of hydrogen-bond acceptors (Lipinski definition) is 5. The second-order valence-electron chi connectivity index (χ2n) is 5.58. The molecule has 3 N–H and O–H groups in total. The van der Waals surface area contributed by atoms with Crippen molar-refractivity contribution in [3.05, 3.63) is 17.0 Å². The molecule has 2 amide bonds. The minimum atomic E-state index is -1.18. The molecule has 7 heteroatoms. The number of amides is 2. The lowest BCUT2D eigenvalue weighted by molar-refractivity contribution is -0.0569. The first kappa shape index (κ1) is 15.8. The number of likely N-dealkylation sites (tertiary alicyclic amines) is 1. The number of aliphatic hydroxyl groups is 2. The molecule has 1 aromatic heterocycles. The monoisotopic (exact) mass is 297 g/mol. The Morgan fingerprint density at radius 1 is 1.57 bits per heavy atom. The SMILES string of the molecule is CCc1noc(C)c1CNC(=O)N1CCCC(O)(CO)C1. The Hall–Kier alpha value is -1.60. The van der Waals surface area contributed by atoms with Crippen LogP contribution in [0, 0.1) is 6.92 Å². The predicted molar refractivity (Wildman–Crippen MR) is 75.7 cm³/mol. The van der Waals surface area contributed by atoms with E-state index in [1.165, 1.54) is 4.90 Å². The summed E-state index contributed by atoms with van der Waals surface area (Å²) < 4.78 is 5.13. The zero-order valence-corrected chi connectivity index (χ0v) is 12.6. The van der Waals surface area contributed by atoms with E-state index in [0.29, 0.717) is 31.7 Å². The Morgan fingerprint density at radius 2 is 2.33 bits per heavy atom. The summed E-state index contributed by atoms with van der Waals surface area (Å²) in [6.45, 7) is 4.55. The average molecular weight is 297 g/mol. The molecule has 1 aromatic rings. The Balaban J connectivity index is 1.94. The quantitative estimate of drug-likeness (QED) is 0.755. The minimum absolute atomic E-state index is 0.151. The highest BCUT2D eigenvalue weighted by Gasteiger charge is 2.34. The first-order valence-electron chi connectivity index (χ1n) is 7.29. The van der Waals surface area contributed by atoms with Gasteiger partial charge in [0.1, 0.15) is 11.4 Å². The number of aromatic nitrogens is 1. The molecule has 1 fully saturated rings. The van der Waals surface area contributed by atoms with Crippen LogP contribution in [-0.2, 0) is 13.0 Å². The second kappa shape index (κ2) is 6.44. The van der Waals surface area contributed by atoms with E-state index < -0.39 is 5.60 Å². The van der Waals surface area contributed by atoms with Gasteiger partial charge in [0.2, 0.25) is 0 Å². The van der Waals surface area contributed by atoms with E-state index >= 15 is 0 Å². The van der Waals surface area contributed by atoms with Crippen molar-refractivity contribution < 1.29 is 19.5 Å². The van der Waals surface area contributed by atoms with Crippen molar-refractivity contribution in [2.24, 2.45) is 0 Å². The molecule has 1 aliphatic heterocycles. The van der Waals surface area contributed by atoms with Crippen LogP contribution >= 0.6 is 0 Å². The lowest BCUT2D eigenvalue weighted by Gasteiger charge is -2.37. The molecule has 118 valence electrons. The average Bonchev–Trinajstić information content (AvgIpc) is 2.85. The molecule has 0 aliphatic carbocycles. The van der Waals surface area contributed by atoms with E-state index in [1.54, 1.807) is 0 Å². The zero-order chi connectivity index (χ0) is 15.5. The van der Waals surface area contributed by atoms with Crippen molar-refractivity contribution in [1.29, 1.82) is 0 Å². The Kier molecular flexibility index (Phi) is 4.84. The van der Waals surface area contributed by atoms with Crippen LogP contribution in [0.3, 0.4) is 0 Å². The largest absolute Gasteiger partial charge is 0.393 e. The van der Waals surface area contributed by atoms with Crippen LogP contribution in [0.4, 0.5) is 4.79 Å². The van der Waals surface area contributed by atoms with Crippen molar-refractivity contribution >= 4 is 6.03 Å². The van der Waals surface area contributed by atoms with Crippen molar-refractivity contribution in [1.82, 2.24) is 15.4 Å². The smallest absolute Gasteiger partial charge is 0.317 e. The molecular weight excluding hydrogens is 274 g/mol. The summed E-state index contributed by atoms with van der Waals surface area (Å²) in [6, 6.07) is -0.246. The molecule has 21 heavy (non-hydrogen) atoms. The molecule has 2 heterocycles. The molecule has 7 nitrogen and oxygen atoms in total. The molecule has 1 unspecified atom stereocenters. The van der Waals surface area contributed by atoms with E-state index in [-0.39, 0.29) is 19.2 Å². The Morgan fingerprint density at radius 3 is 3.00 bits per heavy atom. The second-order valence-corrected chi connectivity index (χ2v) is 5.58. The van der Waals surface area contributed by atoms with Crippen molar-refractivity contribution in [3.63, 3.8) is 0 Å². The van der Waals surface area contributed by atoms with Crippen LogP contribution in [0.2, 0.25) is 0 Å². The molecule has 0 spiro atoms. The van der Waals surface area contributed by atoms with Gasteiger partial charge in [-0.2, -0.15) is 0 Å². The number of nitrogens with zero attached hydrogens (tertiary/aromatic N) is 2. The number of hydrogen-bond donors (Lipinski definition) is 3. The van der Waals surface area contributed by atoms with Crippen LogP contribution in [0.25, 0.3) is 0 Å². The van der Waals surface area contributed by atoms with E-state index in [2.05, 4.69) is 10.5 Å². The molecular formula is C14H23N3O4. The van der Waals surface area contributed by atoms with Gasteiger partial charge in [-0.1, -0.05) is 12.1 Å². The van der Waals surface area contributed by atoms with Gasteiger partial charge in [0.15, 0.2) is 0 Å². The summed E-state index contributed by atoms with van der Waals surface area (Å²) in [6.07, 6.45) is 1.94. The van der Waals surface area contributed by atoms with E-state index in [0.717, 1.165) is 17.7 Å². The summed E-state index contributed by atoms with van der Waals surface area (Å²) in [5, 5.41) is 26.1. The summed E-state index contributed by atoms with van der Waals surface area (Å²) in [7, 11) is 0. The molecule has 1 atom stereocenters. The van der Waals surface area contributed by atoms with Gasteiger partial charge in [-0.05, 0) is 26.2 Å². The summed E-state index contributed by atoms with van der Waals surface area (Å²) >= 11 is 0. The van der Waals surface area contributed by atoms with Gasteiger partial charge < -0.3 is 25.0 Å². The zero-order valence-electron chi connectivity index (χ0n) is 12.6. The lowest BCUT2D eigenvalue weighted by atomic mass is 9.94. The van der Waals surface area contributed by atoms with E-state index in [4.69, 9.17) is 4.52 Å². The fraction of sp³-hybridized carbons (Fsp3) is 0.714. The predicted octanol–water partition coefficient (Wildman–Crippen LogP) is 0.574. The van der Waals surface area contributed by atoms with E-state index in [1.807, 2.05) is 13.8 Å². The number of aryl methyl sites for hydroxylation is 2. The van der Waals surface area contributed by atoms with Crippen LogP contribution in [-0.4, -0.2) is 51.6 Å². The summed E-state index contributed by atoms with van der Waals surface area (Å²) in [4.78, 5) is 13.7. The Labute approximate surface area is 123 Å². The molecule has 1 aliphatic rings. The van der Waals surface area contributed by atoms with Crippen LogP contribution < -0.4 is 5.32 Å². The third kappa shape index (κ3) is 3.54. The maximum atomic E-state index is 12.2. The fourth-order valence-electron chi connectivity index (χ4n) is 2.63. The summed E-state index contributed by atoms with van der Waals surface area (Å²) in [5.41, 5.74) is 0.565. The van der Waals surface area contributed by atoms with Crippen molar-refractivity contribution in [2.75, 3.05) is 19.7 Å². The highest BCUT2D eigenvalue weighted by atomic mass is 16.5. The molecule has 0 bridgehead atoms. The highest BCUT2D eigenvalue weighted by molar-refractivity contribution is 5.74. The first-order chi connectivity index (χ1) is 9.99. The number of piperidine rings is 1. The van der Waals surface area contributed by atoms with Crippen LogP contribution in [0.15, 0.2) is 4.52 Å². The minimum Gasteiger partial charge on any atom is -0.393 e. The van der Waals surface area contributed by atoms with Gasteiger partial charge in [0.25, 0.3) is 0 Å². The molecule has 1 saturated heterocycles. The normalized spacial score (nSPS) is 22.4. The van der Waals surface area contributed by atoms with Crippen molar-refractivity contribution in [3.8, 4) is 0 Å². The molecule has 0 radical (unpaired) electrons. The van der Waals surface area contributed by atoms with Gasteiger partial charge in [-0.25, -0.2) is 4.79 Å². The van der Waals surface area contributed by atoms with E-state index in [9.17, 15) is 15.0 Å². The lowest BCUT2D eigenvalue weighted by Crippen LogP contribution is -2.54. The topological polar surface area (TPSA) is 98.8 Å². The van der Waals surface area contributed by atoms with Crippen molar-refractivity contribution in [2.45, 2.75) is 45.3 Å². The molecule has 0 saturated carbocycles. The standard InChI is InChI=1S/C14H23N3O4/c1-3-12-11(10(2)21-16-12)7-15-13(19)17-6-4-5-14(20,8-17)9-18/h18,20H,3-9H2,1-2H3,(H,15,19). The number of urea groups is 1. The number of β-amino-alcohol motifs (C(OH)–C–C–N with tert-alkyl or cyclic N) is 1. The third-order valence-corrected chi connectivity index (χ3v) is 3.95. The van der Waals surface area contributed by atoms with Gasteiger partial charge in [0, 0.05) is 18.7 Å². The first-order valence-corrected chi connectivity index (χ1v) is 7.29. The van der Waals surface area contributed by atoms with Gasteiger partial charge in [-0.15, -0.1) is 0 Å². The Bertz CT molecular complexity index is 502. The highest BCUT2D eigenvalue weighted by Crippen LogP contribution is 2.20. The fourth-order valence-corrected chi connectivity index (χ4v) is 2.63. The van der Waals surface area contributed by atoms with Gasteiger partial charge >= 0.3 is 6.03 Å². The van der Waals surface area contributed by atoms with Crippen LogP contribution in [0.5, 0.6) is 0 Å². The molecule has 0 aromatic carbocycles. The number of nitrogens with one attached hydrogen (secondary N) is 1. The third-order valence-electron chi connectivity index (χ3n) is 3.95. The number of aliphatic hydroxyl groups excluding tert-OH is 1. The van der Waals surface area contributed by atoms with Gasteiger partial charge in [0.05, 0.1) is 18.8 Å². The number of carbonyl (C=O) groups excluding carboxylic acids is 1.